The summed E-state index contributed by atoms with van der Waals surface area (Å²) in [6.45, 7) is 8.71. The Morgan fingerprint density at radius 2 is 1.50 bits per heavy atom. The monoisotopic (exact) mass is 188 g/mol. The molecule has 2 nitrogen and oxygen atoms in total. The number of aryl methyl sites for hydroxylation is 3. The quantitative estimate of drug-likeness (QED) is 0.621. The number of fused-ring (bicyclic) bond motifs is 1. The molecule has 0 aliphatic heterocycles. The highest BCUT2D eigenvalue weighted by atomic mass is 15.2. The van der Waals surface area contributed by atoms with E-state index in [0.29, 0.717) is 0 Å². The van der Waals surface area contributed by atoms with Gasteiger partial charge in [0.2, 0.25) is 0 Å². The molecule has 0 radical (unpaired) electrons. The molecule has 0 N–H and O–H groups in total. The molecule has 0 spiro atoms. The van der Waals surface area contributed by atoms with E-state index in [1.165, 1.54) is 33.2 Å². The molecular formula is C12H16N2. The van der Waals surface area contributed by atoms with Crippen molar-refractivity contribution in [1.82, 2.24) is 9.78 Å². The van der Waals surface area contributed by atoms with Crippen LogP contribution in [0.4, 0.5) is 0 Å². The van der Waals surface area contributed by atoms with Crippen LogP contribution < -0.4 is 0 Å². The predicted octanol–water partition coefficient (Wildman–Crippen LogP) is 2.81. The third-order valence-corrected chi connectivity index (χ3v) is 3.39. The second kappa shape index (κ2) is 2.84. The molecule has 0 fully saturated rings. The zero-order valence-corrected chi connectivity index (χ0v) is 9.47. The minimum Gasteiger partial charge on any atom is -0.268 e. The first kappa shape index (κ1) is 9.25. The van der Waals surface area contributed by atoms with Gasteiger partial charge in [0, 0.05) is 12.4 Å². The van der Waals surface area contributed by atoms with Crippen molar-refractivity contribution in [3.63, 3.8) is 0 Å². The molecule has 1 heterocycles. The third kappa shape index (κ3) is 0.999. The molecule has 0 amide bonds. The van der Waals surface area contributed by atoms with Crippen LogP contribution in [-0.4, -0.2) is 9.78 Å². The minimum absolute atomic E-state index is 1.27. The van der Waals surface area contributed by atoms with Crippen LogP contribution in [-0.2, 0) is 7.05 Å². The molecule has 2 heteroatoms. The molecular weight excluding hydrogens is 172 g/mol. The summed E-state index contributed by atoms with van der Waals surface area (Å²) in [7, 11) is 2.00. The molecule has 1 aromatic heterocycles. The van der Waals surface area contributed by atoms with Crippen LogP contribution in [0.3, 0.4) is 0 Å². The Bertz CT molecular complexity index is 507. The molecule has 2 rings (SSSR count). The van der Waals surface area contributed by atoms with Crippen LogP contribution in [0.15, 0.2) is 6.20 Å². The maximum absolute atomic E-state index is 4.32. The first-order valence-electron chi connectivity index (χ1n) is 4.92. The van der Waals surface area contributed by atoms with Gasteiger partial charge in [0.05, 0.1) is 11.7 Å². The molecule has 0 aliphatic rings. The summed E-state index contributed by atoms with van der Waals surface area (Å²) in [4.78, 5) is 0. The van der Waals surface area contributed by atoms with Crippen molar-refractivity contribution < 1.29 is 0 Å². The van der Waals surface area contributed by atoms with E-state index >= 15 is 0 Å². The summed E-state index contributed by atoms with van der Waals surface area (Å²) in [6.07, 6.45) is 1.96. The number of hydrogen-bond acceptors (Lipinski definition) is 1. The molecule has 14 heavy (non-hydrogen) atoms. The Labute approximate surface area is 84.5 Å². The van der Waals surface area contributed by atoms with Gasteiger partial charge in [0.15, 0.2) is 0 Å². The number of rotatable bonds is 0. The minimum atomic E-state index is 1.27. The summed E-state index contributed by atoms with van der Waals surface area (Å²) >= 11 is 0. The van der Waals surface area contributed by atoms with Crippen LogP contribution in [0, 0.1) is 27.7 Å². The standard InChI is InChI=1S/C12H16N2/c1-7-8(2)10(4)12-11(9(7)3)6-13-14(12)5/h6H,1-5H3. The fourth-order valence-electron chi connectivity index (χ4n) is 2.10. The highest BCUT2D eigenvalue weighted by Gasteiger charge is 2.11. The van der Waals surface area contributed by atoms with Gasteiger partial charge in [-0.2, -0.15) is 5.10 Å². The van der Waals surface area contributed by atoms with Crippen molar-refractivity contribution >= 4 is 10.9 Å². The van der Waals surface area contributed by atoms with Gasteiger partial charge in [0.25, 0.3) is 0 Å². The van der Waals surface area contributed by atoms with Crippen LogP contribution in [0.1, 0.15) is 22.3 Å². The van der Waals surface area contributed by atoms with Gasteiger partial charge in [0.1, 0.15) is 0 Å². The summed E-state index contributed by atoms with van der Waals surface area (Å²) in [5, 5.41) is 5.60. The highest BCUT2D eigenvalue weighted by Crippen LogP contribution is 2.28. The van der Waals surface area contributed by atoms with Crippen molar-refractivity contribution in [2.24, 2.45) is 7.05 Å². The van der Waals surface area contributed by atoms with Crippen LogP contribution in [0.25, 0.3) is 10.9 Å². The first-order valence-corrected chi connectivity index (χ1v) is 4.92. The number of nitrogens with zero attached hydrogens (tertiary/aromatic N) is 2. The zero-order valence-electron chi connectivity index (χ0n) is 9.47. The maximum atomic E-state index is 4.32. The van der Waals surface area contributed by atoms with E-state index in [1.54, 1.807) is 0 Å². The van der Waals surface area contributed by atoms with Crippen LogP contribution in [0.2, 0.25) is 0 Å². The lowest BCUT2D eigenvalue weighted by molar-refractivity contribution is 0.794. The van der Waals surface area contributed by atoms with Gasteiger partial charge in [-0.3, -0.25) is 4.68 Å². The van der Waals surface area contributed by atoms with Crippen LogP contribution in [0.5, 0.6) is 0 Å². The van der Waals surface area contributed by atoms with Gasteiger partial charge in [-0.1, -0.05) is 0 Å². The predicted molar refractivity (Wildman–Crippen MR) is 59.7 cm³/mol. The molecule has 0 saturated carbocycles. The van der Waals surface area contributed by atoms with Crippen LogP contribution >= 0.6 is 0 Å². The van der Waals surface area contributed by atoms with Crippen molar-refractivity contribution in [3.8, 4) is 0 Å². The Balaban J connectivity index is 3.05. The second-order valence-corrected chi connectivity index (χ2v) is 4.03. The zero-order chi connectivity index (χ0) is 10.5. The number of hydrogen-bond donors (Lipinski definition) is 0. The van der Waals surface area contributed by atoms with Gasteiger partial charge in [-0.15, -0.1) is 0 Å². The maximum Gasteiger partial charge on any atom is 0.0713 e. The van der Waals surface area contributed by atoms with Gasteiger partial charge < -0.3 is 0 Å². The summed E-state index contributed by atoms with van der Waals surface area (Å²) < 4.78 is 1.96. The fraction of sp³-hybridized carbons (Fsp3) is 0.417. The molecule has 0 aliphatic carbocycles. The summed E-state index contributed by atoms with van der Waals surface area (Å²) in [6, 6.07) is 0. The smallest absolute Gasteiger partial charge is 0.0713 e. The van der Waals surface area contributed by atoms with E-state index in [1.807, 2.05) is 17.9 Å². The molecule has 0 unspecified atom stereocenters. The lowest BCUT2D eigenvalue weighted by Crippen LogP contribution is -1.97. The molecule has 0 bridgehead atoms. The van der Waals surface area contributed by atoms with E-state index < -0.39 is 0 Å². The molecule has 0 atom stereocenters. The van der Waals surface area contributed by atoms with Crippen molar-refractivity contribution in [1.29, 1.82) is 0 Å². The average molecular weight is 188 g/mol. The highest BCUT2D eigenvalue weighted by molar-refractivity contribution is 5.87. The third-order valence-electron chi connectivity index (χ3n) is 3.39. The fourth-order valence-corrected chi connectivity index (χ4v) is 2.10. The van der Waals surface area contributed by atoms with E-state index in [-0.39, 0.29) is 0 Å². The topological polar surface area (TPSA) is 17.8 Å². The Morgan fingerprint density at radius 3 is 2.14 bits per heavy atom. The summed E-state index contributed by atoms with van der Waals surface area (Å²) in [5.74, 6) is 0. The van der Waals surface area contributed by atoms with E-state index in [9.17, 15) is 0 Å². The normalized spacial score (nSPS) is 11.2. The van der Waals surface area contributed by atoms with Crippen molar-refractivity contribution in [2.45, 2.75) is 27.7 Å². The van der Waals surface area contributed by atoms with Crippen molar-refractivity contribution in [2.75, 3.05) is 0 Å². The van der Waals surface area contributed by atoms with E-state index in [2.05, 4.69) is 32.8 Å². The average Bonchev–Trinajstić information content (AvgIpc) is 2.54. The second-order valence-electron chi connectivity index (χ2n) is 4.03. The number of aromatic nitrogens is 2. The van der Waals surface area contributed by atoms with E-state index in [4.69, 9.17) is 0 Å². The largest absolute Gasteiger partial charge is 0.268 e. The van der Waals surface area contributed by atoms with Gasteiger partial charge >= 0.3 is 0 Å². The Kier molecular flexibility index (Phi) is 1.88. The molecule has 2 aromatic rings. The molecule has 1 aromatic carbocycles. The Morgan fingerprint density at radius 1 is 0.929 bits per heavy atom. The lowest BCUT2D eigenvalue weighted by atomic mass is 9.96. The first-order chi connectivity index (χ1) is 6.54. The lowest BCUT2D eigenvalue weighted by Gasteiger charge is -2.11. The van der Waals surface area contributed by atoms with E-state index in [0.717, 1.165) is 0 Å². The van der Waals surface area contributed by atoms with Gasteiger partial charge in [-0.25, -0.2) is 0 Å². The number of benzene rings is 1. The molecule has 74 valence electrons. The Hall–Kier alpha value is -1.31. The van der Waals surface area contributed by atoms with Gasteiger partial charge in [-0.05, 0) is 49.9 Å². The van der Waals surface area contributed by atoms with Crippen molar-refractivity contribution in [3.05, 3.63) is 28.5 Å². The SMILES string of the molecule is Cc1c(C)c(C)c2c(cnn2C)c1C. The molecule has 0 saturated heterocycles. The summed E-state index contributed by atoms with van der Waals surface area (Å²) in [5.41, 5.74) is 6.76.